The number of phenols is 1. The Morgan fingerprint density at radius 3 is 2.35 bits per heavy atom. The molecule has 5 nitrogen and oxygen atoms in total. The maximum Gasteiger partial charge on any atom is 0.416 e. The summed E-state index contributed by atoms with van der Waals surface area (Å²) in [6, 6.07) is 10.6. The van der Waals surface area contributed by atoms with Crippen molar-refractivity contribution < 1.29 is 27.8 Å². The number of fused-ring (bicyclic) bond motifs is 1. The van der Waals surface area contributed by atoms with Crippen molar-refractivity contribution in [2.75, 3.05) is 18.5 Å². The van der Waals surface area contributed by atoms with Gasteiger partial charge in [0.05, 0.1) is 30.4 Å². The zero-order valence-electron chi connectivity index (χ0n) is 16.7. The molecule has 0 spiro atoms. The Labute approximate surface area is 177 Å². The Hall–Kier alpha value is -3.00. The standard InChI is InChI=1S/C12H12N2O3.C11H11F3/c15-8-1-2-10-9(3-8)11(4-13-10)14-12(16)7-5-17-6-7;12-11(13,14)10-6-4-9(5-7-10)8-2-1-3-8/h1-4,7,13,15H,5-6H2,(H,14,16);4-8H,1-3H2. The van der Waals surface area contributed by atoms with E-state index in [2.05, 4.69) is 10.3 Å². The van der Waals surface area contributed by atoms with Crippen molar-refractivity contribution in [3.8, 4) is 5.75 Å². The fraction of sp³-hybridized carbons (Fsp3) is 0.348. The highest BCUT2D eigenvalue weighted by Crippen LogP contribution is 2.37. The number of aromatic nitrogens is 1. The second-order valence-corrected chi connectivity index (χ2v) is 7.90. The van der Waals surface area contributed by atoms with Gasteiger partial charge in [-0.05, 0) is 54.7 Å². The van der Waals surface area contributed by atoms with Crippen LogP contribution in [0.25, 0.3) is 10.9 Å². The fourth-order valence-electron chi connectivity index (χ4n) is 3.52. The van der Waals surface area contributed by atoms with E-state index in [0.717, 1.165) is 29.3 Å². The van der Waals surface area contributed by atoms with Crippen molar-refractivity contribution in [1.29, 1.82) is 0 Å². The smallest absolute Gasteiger partial charge is 0.416 e. The lowest BCUT2D eigenvalue weighted by Gasteiger charge is -2.25. The van der Waals surface area contributed by atoms with Gasteiger partial charge in [-0.2, -0.15) is 13.2 Å². The lowest BCUT2D eigenvalue weighted by atomic mass is 9.80. The normalized spacial score (nSPS) is 16.7. The molecule has 1 aliphatic heterocycles. The molecular formula is C23H23F3N2O3. The highest BCUT2D eigenvalue weighted by atomic mass is 19.4. The lowest BCUT2D eigenvalue weighted by Crippen LogP contribution is -2.38. The highest BCUT2D eigenvalue weighted by Gasteiger charge is 2.30. The Bertz CT molecular complexity index is 1050. The number of nitrogens with one attached hydrogen (secondary N) is 2. The topological polar surface area (TPSA) is 74.4 Å². The van der Waals surface area contributed by atoms with Gasteiger partial charge >= 0.3 is 6.18 Å². The van der Waals surface area contributed by atoms with Crippen LogP contribution >= 0.6 is 0 Å². The van der Waals surface area contributed by atoms with E-state index in [9.17, 15) is 23.1 Å². The first kappa shape index (κ1) is 21.2. The lowest BCUT2D eigenvalue weighted by molar-refractivity contribution is -0.137. The summed E-state index contributed by atoms with van der Waals surface area (Å²) in [5.74, 6) is 0.578. The molecule has 164 valence electrons. The number of ether oxygens (including phenoxy) is 1. The SMILES string of the molecule is FC(F)(F)c1ccc(C2CCC2)cc1.O=C(Nc1c[nH]c2ccc(O)cc12)C1COC1. The molecule has 1 saturated heterocycles. The minimum Gasteiger partial charge on any atom is -0.508 e. The second-order valence-electron chi connectivity index (χ2n) is 7.90. The van der Waals surface area contributed by atoms with E-state index in [1.807, 2.05) is 0 Å². The van der Waals surface area contributed by atoms with E-state index in [4.69, 9.17) is 4.74 Å². The molecule has 1 aromatic heterocycles. The summed E-state index contributed by atoms with van der Waals surface area (Å²) in [7, 11) is 0. The van der Waals surface area contributed by atoms with Crippen molar-refractivity contribution in [2.24, 2.45) is 5.92 Å². The summed E-state index contributed by atoms with van der Waals surface area (Å²) >= 11 is 0. The predicted octanol–water partition coefficient (Wildman–Crippen LogP) is 5.43. The van der Waals surface area contributed by atoms with Crippen molar-refractivity contribution in [3.05, 3.63) is 59.8 Å². The monoisotopic (exact) mass is 432 g/mol. The largest absolute Gasteiger partial charge is 0.508 e. The quantitative estimate of drug-likeness (QED) is 0.517. The number of amides is 1. The van der Waals surface area contributed by atoms with E-state index in [0.29, 0.717) is 24.8 Å². The number of carbonyl (C=O) groups is 1. The number of H-pyrrole nitrogens is 1. The summed E-state index contributed by atoms with van der Waals surface area (Å²) in [5, 5.41) is 13.1. The van der Waals surface area contributed by atoms with Gasteiger partial charge < -0.3 is 20.1 Å². The van der Waals surface area contributed by atoms with Gasteiger partial charge in [0.2, 0.25) is 5.91 Å². The van der Waals surface area contributed by atoms with E-state index in [-0.39, 0.29) is 17.6 Å². The number of halogens is 3. The Morgan fingerprint density at radius 1 is 1.10 bits per heavy atom. The van der Waals surface area contributed by atoms with Crippen LogP contribution in [0.5, 0.6) is 5.75 Å². The molecule has 2 aromatic carbocycles. The number of aromatic amines is 1. The van der Waals surface area contributed by atoms with Gasteiger partial charge in [-0.15, -0.1) is 0 Å². The predicted molar refractivity (Wildman–Crippen MR) is 111 cm³/mol. The Morgan fingerprint density at radius 2 is 1.81 bits per heavy atom. The third-order valence-corrected chi connectivity index (χ3v) is 5.75. The van der Waals surface area contributed by atoms with Crippen LogP contribution in [0.15, 0.2) is 48.7 Å². The van der Waals surface area contributed by atoms with E-state index in [1.165, 1.54) is 18.6 Å². The summed E-state index contributed by atoms with van der Waals surface area (Å²) in [5.41, 5.74) is 2.06. The molecule has 3 aromatic rings. The summed E-state index contributed by atoms with van der Waals surface area (Å²) < 4.78 is 41.6. The average molecular weight is 432 g/mol. The van der Waals surface area contributed by atoms with Crippen LogP contribution in [0.3, 0.4) is 0 Å². The first-order valence-electron chi connectivity index (χ1n) is 10.2. The molecule has 1 aliphatic carbocycles. The fourth-order valence-corrected chi connectivity index (χ4v) is 3.52. The van der Waals surface area contributed by atoms with Crippen LogP contribution in [0, 0.1) is 5.92 Å². The van der Waals surface area contributed by atoms with Crippen molar-refractivity contribution >= 4 is 22.5 Å². The Kier molecular flexibility index (Phi) is 5.91. The van der Waals surface area contributed by atoms with Gasteiger partial charge in [-0.25, -0.2) is 0 Å². The average Bonchev–Trinajstić information content (AvgIpc) is 3.01. The van der Waals surface area contributed by atoms with Gasteiger partial charge in [-0.1, -0.05) is 18.6 Å². The first-order valence-corrected chi connectivity index (χ1v) is 10.2. The molecule has 1 amide bonds. The van der Waals surface area contributed by atoms with Gasteiger partial charge in [0, 0.05) is 17.1 Å². The molecule has 2 fully saturated rings. The van der Waals surface area contributed by atoms with Crippen LogP contribution in [0.2, 0.25) is 0 Å². The second kappa shape index (κ2) is 8.63. The van der Waals surface area contributed by atoms with E-state index in [1.54, 1.807) is 36.5 Å². The molecular weight excluding hydrogens is 409 g/mol. The number of hydrogen-bond donors (Lipinski definition) is 3. The third kappa shape index (κ3) is 4.85. The number of rotatable bonds is 3. The van der Waals surface area contributed by atoms with Crippen molar-refractivity contribution in [1.82, 2.24) is 4.98 Å². The molecule has 0 radical (unpaired) electrons. The number of phenolic OH excluding ortho intramolecular Hbond substituents is 1. The van der Waals surface area contributed by atoms with E-state index < -0.39 is 11.7 Å². The third-order valence-electron chi connectivity index (χ3n) is 5.75. The number of hydrogen-bond acceptors (Lipinski definition) is 3. The van der Waals surface area contributed by atoms with Crippen LogP contribution < -0.4 is 5.32 Å². The molecule has 1 saturated carbocycles. The molecule has 31 heavy (non-hydrogen) atoms. The molecule has 5 rings (SSSR count). The van der Waals surface area contributed by atoms with Crippen LogP contribution in [-0.2, 0) is 15.7 Å². The highest BCUT2D eigenvalue weighted by molar-refractivity contribution is 6.02. The minimum absolute atomic E-state index is 0.0412. The van der Waals surface area contributed by atoms with Crippen molar-refractivity contribution in [2.45, 2.75) is 31.4 Å². The number of benzene rings is 2. The summed E-state index contributed by atoms with van der Waals surface area (Å²) in [6.07, 6.45) is 0.947. The molecule has 0 atom stereocenters. The van der Waals surface area contributed by atoms with Crippen LogP contribution in [0.4, 0.5) is 18.9 Å². The molecule has 3 N–H and O–H groups in total. The molecule has 2 heterocycles. The maximum atomic E-state index is 12.2. The minimum atomic E-state index is -4.21. The van der Waals surface area contributed by atoms with Crippen LogP contribution in [0.1, 0.15) is 36.3 Å². The number of anilines is 1. The van der Waals surface area contributed by atoms with Crippen molar-refractivity contribution in [3.63, 3.8) is 0 Å². The number of alkyl halides is 3. The number of carbonyl (C=O) groups excluding carboxylic acids is 1. The number of aromatic hydroxyl groups is 1. The van der Waals surface area contributed by atoms with Gasteiger partial charge in [0.15, 0.2) is 0 Å². The zero-order valence-corrected chi connectivity index (χ0v) is 16.7. The molecule has 2 aliphatic rings. The molecule has 8 heteroatoms. The first-order chi connectivity index (χ1) is 14.8. The summed E-state index contributed by atoms with van der Waals surface area (Å²) in [4.78, 5) is 14.8. The van der Waals surface area contributed by atoms with Gasteiger partial charge in [0.25, 0.3) is 0 Å². The summed E-state index contributed by atoms with van der Waals surface area (Å²) in [6.45, 7) is 0.971. The van der Waals surface area contributed by atoms with Gasteiger partial charge in [-0.3, -0.25) is 4.79 Å². The maximum absolute atomic E-state index is 12.2. The zero-order chi connectivity index (χ0) is 22.0. The van der Waals surface area contributed by atoms with E-state index >= 15 is 0 Å². The van der Waals surface area contributed by atoms with Gasteiger partial charge in [0.1, 0.15) is 5.75 Å². The molecule has 0 bridgehead atoms. The molecule has 0 unspecified atom stereocenters. The Balaban J connectivity index is 0.000000152. The van der Waals surface area contributed by atoms with Crippen LogP contribution in [-0.4, -0.2) is 29.2 Å².